The van der Waals surface area contributed by atoms with Gasteiger partial charge in [-0.1, -0.05) is 18.2 Å². The van der Waals surface area contributed by atoms with Gasteiger partial charge < -0.3 is 18.9 Å². The van der Waals surface area contributed by atoms with Gasteiger partial charge in [0.05, 0.1) is 6.61 Å². The Labute approximate surface area is 127 Å². The summed E-state index contributed by atoms with van der Waals surface area (Å²) in [4.78, 5) is 12.4. The zero-order valence-electron chi connectivity index (χ0n) is 12.5. The van der Waals surface area contributed by atoms with Crippen molar-refractivity contribution in [2.45, 2.75) is 13.0 Å². The molecule has 0 saturated carbocycles. The predicted octanol–water partition coefficient (Wildman–Crippen LogP) is 3.45. The molecule has 0 spiro atoms. The van der Waals surface area contributed by atoms with E-state index in [1.807, 2.05) is 43.3 Å². The second-order valence-electron chi connectivity index (χ2n) is 5.08. The standard InChI is InChI=1S/C17H17NO4/c1-11-7-8-15(21-11)13(10-20-2)18-17(19)16-9-12-5-3-4-6-14(12)22-16/h3-9,13H,10H2,1-2H3,(H,18,19). The normalized spacial score (nSPS) is 12.5. The number of carbonyl (C=O) groups excluding carboxylic acids is 1. The van der Waals surface area contributed by atoms with Crippen LogP contribution in [-0.2, 0) is 4.74 Å². The highest BCUT2D eigenvalue weighted by molar-refractivity contribution is 5.96. The van der Waals surface area contributed by atoms with Crippen LogP contribution in [0.5, 0.6) is 0 Å². The molecule has 0 saturated heterocycles. The molecule has 1 atom stereocenters. The van der Waals surface area contributed by atoms with E-state index in [0.29, 0.717) is 18.0 Å². The Morgan fingerprint density at radius 3 is 2.73 bits per heavy atom. The van der Waals surface area contributed by atoms with E-state index < -0.39 is 0 Å². The van der Waals surface area contributed by atoms with Gasteiger partial charge >= 0.3 is 0 Å². The summed E-state index contributed by atoms with van der Waals surface area (Å²) >= 11 is 0. The minimum Gasteiger partial charge on any atom is -0.464 e. The van der Waals surface area contributed by atoms with Gasteiger partial charge in [0, 0.05) is 12.5 Å². The second kappa shape index (κ2) is 6.07. The molecule has 5 nitrogen and oxygen atoms in total. The quantitative estimate of drug-likeness (QED) is 0.783. The van der Waals surface area contributed by atoms with Gasteiger partial charge in [0.25, 0.3) is 5.91 Å². The van der Waals surface area contributed by atoms with Crippen molar-refractivity contribution in [2.24, 2.45) is 0 Å². The molecule has 1 aromatic carbocycles. The van der Waals surface area contributed by atoms with E-state index in [9.17, 15) is 4.79 Å². The number of ether oxygens (including phenoxy) is 1. The minimum atomic E-state index is -0.362. The third kappa shape index (κ3) is 2.89. The summed E-state index contributed by atoms with van der Waals surface area (Å²) in [5, 5.41) is 3.77. The number of amides is 1. The van der Waals surface area contributed by atoms with Crippen LogP contribution < -0.4 is 5.32 Å². The number of rotatable bonds is 5. The van der Waals surface area contributed by atoms with Gasteiger partial charge in [-0.3, -0.25) is 4.79 Å². The zero-order chi connectivity index (χ0) is 15.5. The highest BCUT2D eigenvalue weighted by atomic mass is 16.5. The molecule has 3 aromatic rings. The molecule has 2 aromatic heterocycles. The molecule has 0 radical (unpaired) electrons. The fraction of sp³-hybridized carbons (Fsp3) is 0.235. The summed E-state index contributed by atoms with van der Waals surface area (Å²) in [6, 6.07) is 12.5. The first kappa shape index (κ1) is 14.4. The maximum absolute atomic E-state index is 12.4. The van der Waals surface area contributed by atoms with E-state index in [4.69, 9.17) is 13.6 Å². The Morgan fingerprint density at radius 2 is 2.05 bits per heavy atom. The van der Waals surface area contributed by atoms with Gasteiger partial charge in [-0.2, -0.15) is 0 Å². The number of benzene rings is 1. The van der Waals surface area contributed by atoms with Gasteiger partial charge in [-0.05, 0) is 31.2 Å². The van der Waals surface area contributed by atoms with Gasteiger partial charge in [0.1, 0.15) is 23.1 Å². The SMILES string of the molecule is COCC(NC(=O)c1cc2ccccc2o1)c1ccc(C)o1. The van der Waals surface area contributed by atoms with Crippen molar-refractivity contribution in [1.29, 1.82) is 0 Å². The van der Waals surface area contributed by atoms with Gasteiger partial charge in [-0.25, -0.2) is 0 Å². The molecular weight excluding hydrogens is 282 g/mol. The van der Waals surface area contributed by atoms with Crippen molar-refractivity contribution in [2.75, 3.05) is 13.7 Å². The lowest BCUT2D eigenvalue weighted by atomic mass is 10.2. The van der Waals surface area contributed by atoms with E-state index in [0.717, 1.165) is 11.1 Å². The average molecular weight is 299 g/mol. The van der Waals surface area contributed by atoms with Crippen molar-refractivity contribution >= 4 is 16.9 Å². The molecular formula is C17H17NO4. The van der Waals surface area contributed by atoms with Crippen LogP contribution in [0.4, 0.5) is 0 Å². The van der Waals surface area contributed by atoms with Crippen molar-refractivity contribution < 1.29 is 18.4 Å². The molecule has 5 heteroatoms. The van der Waals surface area contributed by atoms with Gasteiger partial charge in [-0.15, -0.1) is 0 Å². The smallest absolute Gasteiger partial charge is 0.287 e. The Balaban J connectivity index is 1.81. The maximum atomic E-state index is 12.4. The minimum absolute atomic E-state index is 0.269. The van der Waals surface area contributed by atoms with E-state index in [1.54, 1.807) is 13.2 Å². The van der Waals surface area contributed by atoms with Crippen molar-refractivity contribution in [3.05, 3.63) is 59.7 Å². The molecule has 1 unspecified atom stereocenters. The first-order valence-corrected chi connectivity index (χ1v) is 7.02. The summed E-state index contributed by atoms with van der Waals surface area (Å²) in [6.45, 7) is 2.17. The molecule has 114 valence electrons. The summed E-state index contributed by atoms with van der Waals surface area (Å²) in [5.74, 6) is 1.41. The summed E-state index contributed by atoms with van der Waals surface area (Å²) < 4.78 is 16.3. The molecule has 1 N–H and O–H groups in total. The Morgan fingerprint density at radius 1 is 1.23 bits per heavy atom. The Kier molecular flexibility index (Phi) is 3.98. The maximum Gasteiger partial charge on any atom is 0.287 e. The number of hydrogen-bond acceptors (Lipinski definition) is 4. The number of carbonyl (C=O) groups is 1. The van der Waals surface area contributed by atoms with Gasteiger partial charge in [0.15, 0.2) is 5.76 Å². The highest BCUT2D eigenvalue weighted by Gasteiger charge is 2.21. The first-order chi connectivity index (χ1) is 10.7. The number of aryl methyl sites for hydroxylation is 1. The molecule has 1 amide bonds. The zero-order valence-corrected chi connectivity index (χ0v) is 12.5. The number of fused-ring (bicyclic) bond motifs is 1. The lowest BCUT2D eigenvalue weighted by Gasteiger charge is -2.14. The van der Waals surface area contributed by atoms with E-state index in [-0.39, 0.29) is 17.7 Å². The number of furan rings is 2. The topological polar surface area (TPSA) is 64.6 Å². The number of para-hydroxylation sites is 1. The lowest BCUT2D eigenvalue weighted by Crippen LogP contribution is -2.30. The fourth-order valence-corrected chi connectivity index (χ4v) is 2.33. The van der Waals surface area contributed by atoms with Gasteiger partial charge in [0.2, 0.25) is 0 Å². The van der Waals surface area contributed by atoms with Crippen LogP contribution >= 0.6 is 0 Å². The predicted molar refractivity (Wildman–Crippen MR) is 81.7 cm³/mol. The number of methoxy groups -OCH3 is 1. The van der Waals surface area contributed by atoms with Crippen molar-refractivity contribution in [3.63, 3.8) is 0 Å². The van der Waals surface area contributed by atoms with E-state index >= 15 is 0 Å². The summed E-state index contributed by atoms with van der Waals surface area (Å²) in [7, 11) is 1.58. The molecule has 22 heavy (non-hydrogen) atoms. The van der Waals surface area contributed by atoms with Crippen LogP contribution in [0.3, 0.4) is 0 Å². The molecule has 2 heterocycles. The van der Waals surface area contributed by atoms with E-state index in [1.165, 1.54) is 0 Å². The molecule has 0 fully saturated rings. The molecule has 0 bridgehead atoms. The third-order valence-electron chi connectivity index (χ3n) is 3.39. The summed E-state index contributed by atoms with van der Waals surface area (Å²) in [5.41, 5.74) is 0.685. The third-order valence-corrected chi connectivity index (χ3v) is 3.39. The largest absolute Gasteiger partial charge is 0.464 e. The van der Waals surface area contributed by atoms with Crippen molar-refractivity contribution in [1.82, 2.24) is 5.32 Å². The average Bonchev–Trinajstić information content (AvgIpc) is 3.12. The van der Waals surface area contributed by atoms with Crippen LogP contribution in [0, 0.1) is 6.92 Å². The molecule has 0 aliphatic carbocycles. The lowest BCUT2D eigenvalue weighted by molar-refractivity contribution is 0.0857. The Hall–Kier alpha value is -2.53. The van der Waals surface area contributed by atoms with Crippen LogP contribution in [0.1, 0.15) is 28.1 Å². The molecule has 0 aliphatic rings. The van der Waals surface area contributed by atoms with Crippen molar-refractivity contribution in [3.8, 4) is 0 Å². The fourth-order valence-electron chi connectivity index (χ4n) is 2.33. The van der Waals surface area contributed by atoms with Crippen LogP contribution in [0.25, 0.3) is 11.0 Å². The first-order valence-electron chi connectivity index (χ1n) is 7.02. The highest BCUT2D eigenvalue weighted by Crippen LogP contribution is 2.21. The van der Waals surface area contributed by atoms with Crippen LogP contribution in [-0.4, -0.2) is 19.6 Å². The molecule has 0 aliphatic heterocycles. The van der Waals surface area contributed by atoms with Crippen LogP contribution in [0.15, 0.2) is 51.3 Å². The van der Waals surface area contributed by atoms with E-state index in [2.05, 4.69) is 5.32 Å². The van der Waals surface area contributed by atoms with Crippen LogP contribution in [0.2, 0.25) is 0 Å². The summed E-state index contributed by atoms with van der Waals surface area (Å²) in [6.07, 6.45) is 0. The number of nitrogens with one attached hydrogen (secondary N) is 1. The molecule has 3 rings (SSSR count). The monoisotopic (exact) mass is 299 g/mol. The second-order valence-corrected chi connectivity index (χ2v) is 5.08. The number of hydrogen-bond donors (Lipinski definition) is 1. The Bertz CT molecular complexity index is 754.